The van der Waals surface area contributed by atoms with Crippen LogP contribution in [0.15, 0.2) is 0 Å². The molecule has 0 radical (unpaired) electrons. The van der Waals surface area contributed by atoms with Crippen LogP contribution in [0, 0.1) is 5.92 Å². The zero-order valence-electron chi connectivity index (χ0n) is 12.8. The second-order valence-corrected chi connectivity index (χ2v) is 6.58. The number of hydrogen-bond acceptors (Lipinski definition) is 3. The first kappa shape index (κ1) is 17.8. The minimum absolute atomic E-state index is 0.176. The van der Waals surface area contributed by atoms with Gasteiger partial charge in [-0.1, -0.05) is 6.92 Å². The number of ketones is 1. The number of Topliss-reactive ketones (excluding diaryl/α,β-unsaturated/α-hetero) is 1. The Kier molecular flexibility index (Phi) is 5.28. The molecule has 0 aromatic rings. The van der Waals surface area contributed by atoms with Crippen molar-refractivity contribution in [2.75, 3.05) is 6.54 Å². The molecule has 122 valence electrons. The van der Waals surface area contributed by atoms with E-state index in [1.54, 1.807) is 20.8 Å². The van der Waals surface area contributed by atoms with Crippen LogP contribution in [-0.4, -0.2) is 41.1 Å². The minimum Gasteiger partial charge on any atom is -0.444 e. The summed E-state index contributed by atoms with van der Waals surface area (Å²) in [7, 11) is 0. The summed E-state index contributed by atoms with van der Waals surface area (Å²) in [5, 5.41) is 0. The van der Waals surface area contributed by atoms with E-state index in [1.165, 1.54) is 4.90 Å². The highest BCUT2D eigenvalue weighted by Crippen LogP contribution is 2.29. The lowest BCUT2D eigenvalue weighted by Gasteiger charge is -2.39. The first-order valence-electron chi connectivity index (χ1n) is 7.00. The van der Waals surface area contributed by atoms with Gasteiger partial charge in [0.2, 0.25) is 5.78 Å². The Hall–Kier alpha value is -1.27. The number of carbonyl (C=O) groups excluding carboxylic acids is 2. The molecule has 1 aliphatic rings. The molecule has 1 fully saturated rings. The molecule has 0 aromatic heterocycles. The maximum absolute atomic E-state index is 12.4. The van der Waals surface area contributed by atoms with Crippen LogP contribution in [-0.2, 0) is 9.53 Å². The van der Waals surface area contributed by atoms with E-state index in [9.17, 15) is 22.8 Å². The SMILES string of the molecule is CC1CCN(C(=O)OC(C)(C)C)C(CC(=O)C(F)(F)F)C1. The molecule has 1 saturated heterocycles. The second kappa shape index (κ2) is 6.23. The van der Waals surface area contributed by atoms with Crippen LogP contribution in [0.25, 0.3) is 0 Å². The highest BCUT2D eigenvalue weighted by molar-refractivity contribution is 5.85. The third kappa shape index (κ3) is 5.55. The molecular formula is C14H22F3NO3. The fourth-order valence-electron chi connectivity index (χ4n) is 2.34. The standard InChI is InChI=1S/C14H22F3NO3/c1-9-5-6-18(12(20)21-13(2,3)4)10(7-9)8-11(19)14(15,16)17/h9-10H,5-8H2,1-4H3. The Bertz CT molecular complexity index is 401. The summed E-state index contributed by atoms with van der Waals surface area (Å²) >= 11 is 0. The molecule has 1 rings (SSSR count). The molecule has 1 amide bonds. The fourth-order valence-corrected chi connectivity index (χ4v) is 2.34. The highest BCUT2D eigenvalue weighted by atomic mass is 19.4. The maximum Gasteiger partial charge on any atom is 0.450 e. The number of likely N-dealkylation sites (tertiary alicyclic amines) is 1. The average Bonchev–Trinajstić information content (AvgIpc) is 2.24. The molecule has 1 aliphatic heterocycles. The first-order chi connectivity index (χ1) is 9.40. The third-order valence-electron chi connectivity index (χ3n) is 3.34. The summed E-state index contributed by atoms with van der Waals surface area (Å²) in [4.78, 5) is 24.5. The van der Waals surface area contributed by atoms with Crippen molar-refractivity contribution < 1.29 is 27.5 Å². The smallest absolute Gasteiger partial charge is 0.444 e. The van der Waals surface area contributed by atoms with Crippen molar-refractivity contribution in [3.05, 3.63) is 0 Å². The zero-order chi connectivity index (χ0) is 16.4. The predicted octanol–water partition coefficient (Wildman–Crippen LogP) is 3.54. The van der Waals surface area contributed by atoms with Crippen molar-refractivity contribution in [1.29, 1.82) is 0 Å². The van der Waals surface area contributed by atoms with Crippen LogP contribution in [0.5, 0.6) is 0 Å². The Labute approximate surface area is 122 Å². The molecule has 2 unspecified atom stereocenters. The van der Waals surface area contributed by atoms with Crippen molar-refractivity contribution in [3.8, 4) is 0 Å². The zero-order valence-corrected chi connectivity index (χ0v) is 12.8. The Morgan fingerprint density at radius 3 is 2.29 bits per heavy atom. The molecule has 1 heterocycles. The Morgan fingerprint density at radius 2 is 1.81 bits per heavy atom. The fraction of sp³-hybridized carbons (Fsp3) is 0.857. The van der Waals surface area contributed by atoms with Crippen molar-refractivity contribution >= 4 is 11.9 Å². The lowest BCUT2D eigenvalue weighted by molar-refractivity contribution is -0.172. The highest BCUT2D eigenvalue weighted by Gasteiger charge is 2.42. The monoisotopic (exact) mass is 309 g/mol. The van der Waals surface area contributed by atoms with E-state index in [2.05, 4.69) is 0 Å². The van der Waals surface area contributed by atoms with Crippen molar-refractivity contribution in [2.45, 2.75) is 64.8 Å². The van der Waals surface area contributed by atoms with E-state index >= 15 is 0 Å². The minimum atomic E-state index is -4.86. The normalized spacial score (nSPS) is 23.9. The Balaban J connectivity index is 2.80. The molecule has 0 spiro atoms. The largest absolute Gasteiger partial charge is 0.450 e. The molecular weight excluding hydrogens is 287 g/mol. The van der Waals surface area contributed by atoms with Gasteiger partial charge in [0.25, 0.3) is 0 Å². The predicted molar refractivity (Wildman–Crippen MR) is 70.8 cm³/mol. The van der Waals surface area contributed by atoms with Crippen LogP contribution < -0.4 is 0 Å². The van der Waals surface area contributed by atoms with E-state index in [4.69, 9.17) is 4.74 Å². The van der Waals surface area contributed by atoms with Gasteiger partial charge in [0.15, 0.2) is 0 Å². The summed E-state index contributed by atoms with van der Waals surface area (Å²) in [6.07, 6.45) is -5.15. The van der Waals surface area contributed by atoms with Gasteiger partial charge in [-0.15, -0.1) is 0 Å². The van der Waals surface area contributed by atoms with Gasteiger partial charge in [-0.2, -0.15) is 13.2 Å². The molecule has 4 nitrogen and oxygen atoms in total. The Morgan fingerprint density at radius 1 is 1.24 bits per heavy atom. The van der Waals surface area contributed by atoms with Gasteiger partial charge < -0.3 is 9.64 Å². The number of hydrogen-bond donors (Lipinski definition) is 0. The number of ether oxygens (including phenoxy) is 1. The van der Waals surface area contributed by atoms with Crippen LogP contribution >= 0.6 is 0 Å². The molecule has 0 bridgehead atoms. The summed E-state index contributed by atoms with van der Waals surface area (Å²) in [6.45, 7) is 7.28. The van der Waals surface area contributed by atoms with Crippen LogP contribution in [0.3, 0.4) is 0 Å². The second-order valence-electron chi connectivity index (χ2n) is 6.58. The van der Waals surface area contributed by atoms with E-state index in [0.29, 0.717) is 19.4 Å². The quantitative estimate of drug-likeness (QED) is 0.784. The number of halogens is 3. The van der Waals surface area contributed by atoms with Gasteiger partial charge >= 0.3 is 12.3 Å². The van der Waals surface area contributed by atoms with Gasteiger partial charge in [-0.05, 0) is 39.5 Å². The topological polar surface area (TPSA) is 46.6 Å². The van der Waals surface area contributed by atoms with Gasteiger partial charge in [-0.3, -0.25) is 4.79 Å². The molecule has 0 aliphatic carbocycles. The molecule has 21 heavy (non-hydrogen) atoms. The molecule has 0 saturated carbocycles. The lowest BCUT2D eigenvalue weighted by atomic mass is 9.90. The van der Waals surface area contributed by atoms with Crippen LogP contribution in [0.1, 0.15) is 47.0 Å². The number of alkyl halides is 3. The number of piperidine rings is 1. The average molecular weight is 309 g/mol. The summed E-state index contributed by atoms with van der Waals surface area (Å²) in [6, 6.07) is -0.752. The van der Waals surface area contributed by atoms with Crippen LogP contribution in [0.2, 0.25) is 0 Å². The number of nitrogens with zero attached hydrogens (tertiary/aromatic N) is 1. The van der Waals surface area contributed by atoms with Crippen molar-refractivity contribution in [2.24, 2.45) is 5.92 Å². The van der Waals surface area contributed by atoms with E-state index in [-0.39, 0.29) is 5.92 Å². The lowest BCUT2D eigenvalue weighted by Crippen LogP contribution is -2.49. The van der Waals surface area contributed by atoms with Gasteiger partial charge in [0.05, 0.1) is 0 Å². The van der Waals surface area contributed by atoms with Gasteiger partial charge in [0.1, 0.15) is 5.60 Å². The first-order valence-corrected chi connectivity index (χ1v) is 7.00. The third-order valence-corrected chi connectivity index (χ3v) is 3.34. The summed E-state index contributed by atoms with van der Waals surface area (Å²) in [5.41, 5.74) is -0.723. The summed E-state index contributed by atoms with van der Waals surface area (Å²) < 4.78 is 42.5. The van der Waals surface area contributed by atoms with E-state index < -0.39 is 36.1 Å². The number of carbonyl (C=O) groups is 2. The van der Waals surface area contributed by atoms with Crippen molar-refractivity contribution in [1.82, 2.24) is 4.90 Å². The van der Waals surface area contributed by atoms with E-state index in [0.717, 1.165) is 0 Å². The van der Waals surface area contributed by atoms with Crippen LogP contribution in [0.4, 0.5) is 18.0 Å². The molecule has 0 N–H and O–H groups in total. The van der Waals surface area contributed by atoms with Crippen molar-refractivity contribution in [3.63, 3.8) is 0 Å². The van der Waals surface area contributed by atoms with Gasteiger partial charge in [0, 0.05) is 19.0 Å². The number of amides is 1. The molecule has 7 heteroatoms. The van der Waals surface area contributed by atoms with Gasteiger partial charge in [-0.25, -0.2) is 4.79 Å². The molecule has 0 aromatic carbocycles. The molecule has 2 atom stereocenters. The van der Waals surface area contributed by atoms with E-state index in [1.807, 2.05) is 6.92 Å². The maximum atomic E-state index is 12.4. The number of rotatable bonds is 2. The summed E-state index contributed by atoms with van der Waals surface area (Å²) in [5.74, 6) is -1.62.